The number of esters is 8. The molecule has 32 nitrogen and oxygen atoms in total. The van der Waals surface area contributed by atoms with Crippen LogP contribution in [0.2, 0.25) is 0 Å². The van der Waals surface area contributed by atoms with Crippen LogP contribution in [0.25, 0.3) is 0 Å². The normalized spacial score (nSPS) is 12.8. The molecule has 10 N–H and O–H groups in total. The number of hydrogen-bond donors (Lipinski definition) is 10. The van der Waals surface area contributed by atoms with Crippen molar-refractivity contribution >= 4 is 47.8 Å². The van der Waals surface area contributed by atoms with E-state index in [4.69, 9.17) is 69.2 Å². The summed E-state index contributed by atoms with van der Waals surface area (Å²) in [7, 11) is 1.25. The molecule has 658 valence electrons. The summed E-state index contributed by atoms with van der Waals surface area (Å²) in [6.45, 7) is 39.0. The van der Waals surface area contributed by atoms with Gasteiger partial charge in [0, 0.05) is 59.3 Å². The Balaban J connectivity index is -0.00000151. The summed E-state index contributed by atoms with van der Waals surface area (Å²) in [6, 6.07) is 30.2. The van der Waals surface area contributed by atoms with Crippen molar-refractivity contribution in [3.63, 3.8) is 0 Å². The van der Waals surface area contributed by atoms with E-state index in [0.29, 0.717) is 23.0 Å². The van der Waals surface area contributed by atoms with E-state index in [2.05, 4.69) is 99.3 Å². The summed E-state index contributed by atoms with van der Waals surface area (Å²) in [5.74, 6) is -2.36. The Hall–Kier alpha value is -10.7. The second-order valence-corrected chi connectivity index (χ2v) is 26.2. The van der Waals surface area contributed by atoms with Crippen molar-refractivity contribution in [3.8, 4) is 23.0 Å². The summed E-state index contributed by atoms with van der Waals surface area (Å²) in [6.07, 6.45) is -2.98. The van der Waals surface area contributed by atoms with Crippen molar-refractivity contribution < 1.29 is 157 Å². The SMILES string of the molecule is C.C=C(C)C(=O)OCC(O)CO.C=C(C)C(=O)OCC(O)COc1ccc(C(C)(C)c2ccc(OCC(O)COC(=O)C(=C)C)cc2)cc1.C=CC(=O)OCC(O)CO.C=CC(=O)OCC(O)COCC(C)OCC(O)COC(=O)C=C.C=CC(=O)OCC(O)COc1ccc(C(C)(C)c2ccc(OCC(O)COC(=O)C=C)cc2)cc1.[2H]C. The minimum absolute atomic E-state index is 0. The molecule has 4 aromatic rings. The average Bonchev–Trinajstić information content (AvgIpc) is 0.808. The highest BCUT2D eigenvalue weighted by molar-refractivity contribution is 5.88. The van der Waals surface area contributed by atoms with Crippen LogP contribution in [0.15, 0.2) is 197 Å². The molecule has 0 spiro atoms. The Labute approximate surface area is 692 Å². The lowest BCUT2D eigenvalue weighted by molar-refractivity contribution is -0.144. The number of hydrogen-bond acceptors (Lipinski definition) is 32. The van der Waals surface area contributed by atoms with Gasteiger partial charge in [0.25, 0.3) is 0 Å². The van der Waals surface area contributed by atoms with Crippen molar-refractivity contribution in [2.45, 2.75) is 136 Å². The van der Waals surface area contributed by atoms with Gasteiger partial charge in [-0.2, -0.15) is 0 Å². The summed E-state index contributed by atoms with van der Waals surface area (Å²) in [5, 5.41) is 92.6. The smallest absolute Gasteiger partial charge is 0.333 e. The van der Waals surface area contributed by atoms with Crippen LogP contribution in [0, 0.1) is 0 Å². The molecule has 4 aromatic carbocycles. The van der Waals surface area contributed by atoms with Gasteiger partial charge in [0.05, 0.1) is 39.1 Å². The molecule has 9 unspecified atom stereocenters. The zero-order valence-electron chi connectivity index (χ0n) is 69.0. The zero-order chi connectivity index (χ0) is 89.9. The molecule has 32 heteroatoms. The lowest BCUT2D eigenvalue weighted by atomic mass is 9.78. The van der Waals surface area contributed by atoms with E-state index < -0.39 is 110 Å². The van der Waals surface area contributed by atoms with Crippen molar-refractivity contribution in [2.24, 2.45) is 0 Å². The van der Waals surface area contributed by atoms with E-state index in [1.54, 1.807) is 6.92 Å². The van der Waals surface area contributed by atoms with Gasteiger partial charge >= 0.3 is 47.8 Å². The van der Waals surface area contributed by atoms with Crippen LogP contribution in [0.4, 0.5) is 0 Å². The van der Waals surface area contributed by atoms with Crippen molar-refractivity contribution in [2.75, 3.05) is 112 Å². The third-order valence-corrected chi connectivity index (χ3v) is 14.9. The molecular formula is C86H122O32. The molecule has 0 heterocycles. The number of benzene rings is 4. The van der Waals surface area contributed by atoms with Gasteiger partial charge in [0.1, 0.15) is 151 Å². The average molecular weight is 1670 g/mol. The Morgan fingerprint density at radius 3 is 0.737 bits per heavy atom. The first-order valence-electron chi connectivity index (χ1n) is 36.9. The highest BCUT2D eigenvalue weighted by Crippen LogP contribution is 2.35. The standard InChI is InChI=1S/C29H36O8.C27H32O8.C15H24O8.C7H12O4.C6H10O4.2CH4/c1-19(2)27(32)36-17-23(30)15-34-25-11-7-21(8-12-25)29(5,6)22-9-13-26(14-10-22)35-16-24(31)18-37-28(33)20(3)4;1-5-25(30)34-17-21(28)15-32-23-11-7-19(8-12-23)27(3,4)20-9-13-24(14-10-20)33-16-22(29)18-35-26(31)6-2;1-4-14(18)22-9-12(16)7-20-6-11(3)21-8-13(17)10-23-15(19)5-2;1-5(2)7(10)11-4-6(9)3-8;1-2-6(9)10-4-5(8)3-7;;/h7-14,23-24,30-31H,1,3,15-18H2,2,4-6H3;5-14,21-22,28-29H,1-2,15-18H2,3-4H3;4-5,11-13,16-17H,1-2,6-10H2,3H3;6,8-9H,1,3-4H2,2H3;2,5,7-8H,1,3-4H2;2*1H4/i;;;;;1D;. The molecule has 0 aliphatic carbocycles. The number of aliphatic hydroxyl groups excluding tert-OH is 10. The van der Waals surface area contributed by atoms with Gasteiger partial charge in [-0.05, 0) is 98.5 Å². The number of aliphatic hydroxyl groups is 10. The lowest BCUT2D eigenvalue weighted by Gasteiger charge is -2.26. The van der Waals surface area contributed by atoms with Gasteiger partial charge in [0.15, 0.2) is 0 Å². The number of ether oxygens (including phenoxy) is 14. The largest absolute Gasteiger partial charge is 0.491 e. The van der Waals surface area contributed by atoms with Crippen molar-refractivity contribution in [1.82, 2.24) is 0 Å². The van der Waals surface area contributed by atoms with Crippen LogP contribution >= 0.6 is 0 Å². The maximum Gasteiger partial charge on any atom is 0.333 e. The molecule has 0 saturated carbocycles. The Bertz CT molecular complexity index is 3510. The van der Waals surface area contributed by atoms with Crippen LogP contribution in [0.5, 0.6) is 23.0 Å². The summed E-state index contributed by atoms with van der Waals surface area (Å²) in [5.41, 5.74) is 4.40. The fraction of sp³-hybridized carbons (Fsp3) is 0.442. The highest BCUT2D eigenvalue weighted by atomic mass is 16.6. The summed E-state index contributed by atoms with van der Waals surface area (Å²) in [4.78, 5) is 87.4. The molecule has 9 atom stereocenters. The van der Waals surface area contributed by atoms with Crippen LogP contribution < -0.4 is 18.9 Å². The molecule has 118 heavy (non-hydrogen) atoms. The molecule has 0 bridgehead atoms. The Morgan fingerprint density at radius 2 is 0.525 bits per heavy atom. The fourth-order valence-electron chi connectivity index (χ4n) is 8.13. The third kappa shape index (κ3) is 50.7. The molecule has 0 amide bonds. The molecule has 0 aliphatic heterocycles. The van der Waals surface area contributed by atoms with E-state index in [1.165, 1.54) is 28.2 Å². The maximum atomic E-state index is 11.4. The van der Waals surface area contributed by atoms with Gasteiger partial charge < -0.3 is 117 Å². The number of rotatable bonds is 49. The van der Waals surface area contributed by atoms with Crippen LogP contribution in [-0.2, 0) is 96.6 Å². The first-order chi connectivity index (χ1) is 55.7. The molecule has 0 aromatic heterocycles. The first kappa shape index (κ1) is 109. The topological polar surface area (TPSA) is 468 Å². The summed E-state index contributed by atoms with van der Waals surface area (Å²) >= 11 is 0. The van der Waals surface area contributed by atoms with E-state index in [1.807, 2.05) is 97.1 Å². The number of carbonyl (C=O) groups is 8. The summed E-state index contributed by atoms with van der Waals surface area (Å²) < 4.78 is 76.2. The van der Waals surface area contributed by atoms with Crippen molar-refractivity contribution in [1.29, 1.82) is 0 Å². The van der Waals surface area contributed by atoms with Gasteiger partial charge in [-0.1, -0.05) is 144 Å². The minimum Gasteiger partial charge on any atom is -0.491 e. The second kappa shape index (κ2) is 62.5. The molecule has 4 rings (SSSR count). The minimum atomic E-state index is -1.00. The third-order valence-electron chi connectivity index (χ3n) is 14.9. The van der Waals surface area contributed by atoms with Gasteiger partial charge in [-0.15, -0.1) is 0 Å². The van der Waals surface area contributed by atoms with Gasteiger partial charge in [0.2, 0.25) is 0 Å². The molecule has 0 saturated heterocycles. The first-order valence-corrected chi connectivity index (χ1v) is 35.9. The van der Waals surface area contributed by atoms with Crippen LogP contribution in [0.3, 0.4) is 0 Å². The maximum absolute atomic E-state index is 11.4. The van der Waals surface area contributed by atoms with Crippen LogP contribution in [0.1, 0.15) is 93.8 Å². The van der Waals surface area contributed by atoms with E-state index in [0.717, 1.165) is 52.6 Å². The Morgan fingerprint density at radius 1 is 0.331 bits per heavy atom. The zero-order valence-corrected chi connectivity index (χ0v) is 68.0. The van der Waals surface area contributed by atoms with Gasteiger partial charge in [-0.25, -0.2) is 38.4 Å². The highest BCUT2D eigenvalue weighted by Gasteiger charge is 2.26. The van der Waals surface area contributed by atoms with E-state index in [-0.39, 0.29) is 140 Å². The lowest BCUT2D eigenvalue weighted by Crippen LogP contribution is -2.29. The Kier molecular flexibility index (Phi) is 57.9. The van der Waals surface area contributed by atoms with Crippen LogP contribution in [-0.4, -0.2) is 266 Å². The van der Waals surface area contributed by atoms with Crippen molar-refractivity contribution in [3.05, 3.63) is 219 Å². The predicted molar refractivity (Wildman–Crippen MR) is 437 cm³/mol. The number of carbonyl (C=O) groups excluding carboxylic acids is 8. The quantitative estimate of drug-likeness (QED) is 0.0136. The van der Waals surface area contributed by atoms with E-state index in [9.17, 15) is 69.0 Å². The fourth-order valence-corrected chi connectivity index (χ4v) is 8.13. The van der Waals surface area contributed by atoms with Gasteiger partial charge in [-0.3, -0.25) is 0 Å². The molecular weight excluding hydrogens is 1540 g/mol. The van der Waals surface area contributed by atoms with E-state index >= 15 is 0 Å². The molecule has 0 aliphatic rings. The second-order valence-electron chi connectivity index (χ2n) is 26.2. The predicted octanol–water partition coefficient (Wildman–Crippen LogP) is 6.07. The monoisotopic (exact) mass is 1670 g/mol. The molecule has 0 radical (unpaired) electrons. The molecule has 0 fully saturated rings.